The van der Waals surface area contributed by atoms with Crippen molar-refractivity contribution < 1.29 is 13.2 Å². The van der Waals surface area contributed by atoms with Gasteiger partial charge in [0.1, 0.15) is 5.82 Å². The Hall–Kier alpha value is -1.04. The van der Waals surface area contributed by atoms with E-state index >= 15 is 0 Å². The summed E-state index contributed by atoms with van der Waals surface area (Å²) in [6.45, 7) is 0.773. The van der Waals surface area contributed by atoms with Crippen LogP contribution in [0.3, 0.4) is 0 Å². The minimum Gasteiger partial charge on any atom is -0.353 e. The molecule has 3 nitrogen and oxygen atoms in total. The zero-order valence-electron chi connectivity index (χ0n) is 10.1. The van der Waals surface area contributed by atoms with Crippen LogP contribution in [0, 0.1) is 5.92 Å². The van der Waals surface area contributed by atoms with Crippen molar-refractivity contribution in [1.82, 2.24) is 9.97 Å². The van der Waals surface area contributed by atoms with Gasteiger partial charge in [-0.1, -0.05) is 0 Å². The van der Waals surface area contributed by atoms with E-state index < -0.39 is 11.9 Å². The number of alkyl halides is 3. The van der Waals surface area contributed by atoms with E-state index in [-0.39, 0.29) is 5.28 Å². The second kappa shape index (κ2) is 4.51. The Balaban J connectivity index is 1.90. The molecule has 1 heterocycles. The highest BCUT2D eigenvalue weighted by atomic mass is 35.5. The summed E-state index contributed by atoms with van der Waals surface area (Å²) in [5, 5.41) is -0.341. The Morgan fingerprint density at radius 1 is 1.21 bits per heavy atom. The van der Waals surface area contributed by atoms with Gasteiger partial charge in [-0.15, -0.1) is 0 Å². The Labute approximate surface area is 113 Å². The van der Waals surface area contributed by atoms with Crippen LogP contribution < -0.4 is 4.90 Å². The Kier molecular flexibility index (Phi) is 3.08. The molecule has 0 atom stereocenters. The number of nitrogens with zero attached hydrogens (tertiary/aromatic N) is 3. The van der Waals surface area contributed by atoms with Gasteiger partial charge < -0.3 is 4.90 Å². The van der Waals surface area contributed by atoms with Gasteiger partial charge in [-0.2, -0.15) is 13.2 Å². The third-order valence-corrected chi connectivity index (χ3v) is 3.58. The van der Waals surface area contributed by atoms with E-state index in [0.717, 1.165) is 38.3 Å². The summed E-state index contributed by atoms with van der Waals surface area (Å²) in [5.74, 6) is 0.894. The number of hydrogen-bond acceptors (Lipinski definition) is 3. The predicted octanol–water partition coefficient (Wildman–Crippen LogP) is 3.53. The standard InChI is InChI=1S/C12H13ClF3N3/c13-11-17-9(12(14,15)16)5-10(18-11)19(8-3-4-8)6-7-1-2-7/h5,7-8H,1-4,6H2. The van der Waals surface area contributed by atoms with Crippen LogP contribution in [-0.2, 0) is 6.18 Å². The molecule has 0 N–H and O–H groups in total. The Morgan fingerprint density at radius 3 is 2.42 bits per heavy atom. The summed E-state index contributed by atoms with van der Waals surface area (Å²) in [6.07, 6.45) is -0.177. The van der Waals surface area contributed by atoms with Crippen LogP contribution in [-0.4, -0.2) is 22.6 Å². The zero-order valence-corrected chi connectivity index (χ0v) is 10.9. The van der Waals surface area contributed by atoms with Crippen LogP contribution in [0.5, 0.6) is 0 Å². The molecule has 104 valence electrons. The average molecular weight is 292 g/mol. The Bertz CT molecular complexity index is 484. The van der Waals surface area contributed by atoms with Gasteiger partial charge in [-0.25, -0.2) is 9.97 Å². The molecule has 0 amide bonds. The molecule has 2 aliphatic rings. The number of aromatic nitrogens is 2. The van der Waals surface area contributed by atoms with Crippen LogP contribution in [0.4, 0.5) is 19.0 Å². The summed E-state index contributed by atoms with van der Waals surface area (Å²) in [7, 11) is 0. The topological polar surface area (TPSA) is 29.0 Å². The Morgan fingerprint density at radius 2 is 1.89 bits per heavy atom. The first-order valence-corrected chi connectivity index (χ1v) is 6.69. The van der Waals surface area contributed by atoms with E-state index in [9.17, 15) is 13.2 Å². The monoisotopic (exact) mass is 291 g/mol. The van der Waals surface area contributed by atoms with Crippen LogP contribution in [0.1, 0.15) is 31.4 Å². The summed E-state index contributed by atoms with van der Waals surface area (Å²) in [6, 6.07) is 1.32. The molecule has 0 saturated heterocycles. The zero-order chi connectivity index (χ0) is 13.6. The minimum absolute atomic E-state index is 0.307. The fraction of sp³-hybridized carbons (Fsp3) is 0.667. The molecular formula is C12H13ClF3N3. The maximum absolute atomic E-state index is 12.7. The third kappa shape index (κ3) is 3.11. The van der Waals surface area contributed by atoms with Gasteiger partial charge in [0.05, 0.1) is 0 Å². The van der Waals surface area contributed by atoms with Gasteiger partial charge in [-0.3, -0.25) is 0 Å². The first-order valence-electron chi connectivity index (χ1n) is 6.32. The molecule has 0 aromatic carbocycles. The molecule has 19 heavy (non-hydrogen) atoms. The molecule has 0 unspecified atom stereocenters. The normalized spacial score (nSPS) is 19.6. The quantitative estimate of drug-likeness (QED) is 0.795. The van der Waals surface area contributed by atoms with E-state index in [4.69, 9.17) is 11.6 Å². The molecule has 0 bridgehead atoms. The molecule has 2 aliphatic carbocycles. The second-order valence-corrected chi connectivity index (χ2v) is 5.54. The van der Waals surface area contributed by atoms with Crippen molar-refractivity contribution in [3.05, 3.63) is 17.0 Å². The lowest BCUT2D eigenvalue weighted by molar-refractivity contribution is -0.141. The largest absolute Gasteiger partial charge is 0.433 e. The first kappa shape index (κ1) is 13.0. The van der Waals surface area contributed by atoms with E-state index in [2.05, 4.69) is 9.97 Å². The molecule has 7 heteroatoms. The SMILES string of the molecule is FC(F)(F)c1cc(N(CC2CC2)C2CC2)nc(Cl)n1. The van der Waals surface area contributed by atoms with Gasteiger partial charge in [0.25, 0.3) is 0 Å². The molecule has 2 saturated carbocycles. The summed E-state index contributed by atoms with van der Waals surface area (Å²) in [4.78, 5) is 9.19. The van der Waals surface area contributed by atoms with Crippen LogP contribution >= 0.6 is 11.6 Å². The molecule has 0 spiro atoms. The molecule has 1 aromatic heterocycles. The van der Waals surface area contributed by atoms with Crippen LogP contribution in [0.15, 0.2) is 6.07 Å². The number of rotatable bonds is 4. The third-order valence-electron chi connectivity index (χ3n) is 3.41. The minimum atomic E-state index is -4.49. The van der Waals surface area contributed by atoms with Crippen molar-refractivity contribution in [1.29, 1.82) is 0 Å². The van der Waals surface area contributed by atoms with Gasteiger partial charge >= 0.3 is 6.18 Å². The number of halogens is 4. The summed E-state index contributed by atoms with van der Waals surface area (Å²) < 4.78 is 38.2. The molecular weight excluding hydrogens is 279 g/mol. The van der Waals surface area contributed by atoms with Gasteiger partial charge in [0.2, 0.25) is 5.28 Å². The fourth-order valence-electron chi connectivity index (χ4n) is 2.09. The fourth-order valence-corrected chi connectivity index (χ4v) is 2.27. The van der Waals surface area contributed by atoms with E-state index in [1.54, 1.807) is 0 Å². The lowest BCUT2D eigenvalue weighted by Gasteiger charge is -2.24. The molecule has 2 fully saturated rings. The van der Waals surface area contributed by atoms with E-state index in [1.807, 2.05) is 4.90 Å². The predicted molar refractivity (Wildman–Crippen MR) is 65.1 cm³/mol. The smallest absolute Gasteiger partial charge is 0.353 e. The van der Waals surface area contributed by atoms with E-state index in [0.29, 0.717) is 17.8 Å². The van der Waals surface area contributed by atoms with Crippen molar-refractivity contribution in [3.63, 3.8) is 0 Å². The van der Waals surface area contributed by atoms with Crippen molar-refractivity contribution >= 4 is 17.4 Å². The lowest BCUT2D eigenvalue weighted by atomic mass is 10.3. The maximum atomic E-state index is 12.7. The second-order valence-electron chi connectivity index (χ2n) is 5.21. The van der Waals surface area contributed by atoms with Crippen molar-refractivity contribution in [3.8, 4) is 0 Å². The highest BCUT2D eigenvalue weighted by Gasteiger charge is 2.38. The first-order chi connectivity index (χ1) is 8.93. The molecule has 0 aliphatic heterocycles. The maximum Gasteiger partial charge on any atom is 0.433 e. The molecule has 0 radical (unpaired) electrons. The average Bonchev–Trinajstić information content (AvgIpc) is 3.17. The number of anilines is 1. The van der Waals surface area contributed by atoms with Crippen molar-refractivity contribution in [2.75, 3.05) is 11.4 Å². The molecule has 1 aromatic rings. The highest BCUT2D eigenvalue weighted by Crippen LogP contribution is 2.38. The number of hydrogen-bond donors (Lipinski definition) is 0. The van der Waals surface area contributed by atoms with Crippen LogP contribution in [0.25, 0.3) is 0 Å². The summed E-state index contributed by atoms with van der Waals surface area (Å²) in [5.41, 5.74) is -0.969. The van der Waals surface area contributed by atoms with Gasteiger partial charge in [0.15, 0.2) is 5.69 Å². The van der Waals surface area contributed by atoms with Gasteiger partial charge in [0, 0.05) is 18.7 Å². The summed E-state index contributed by atoms with van der Waals surface area (Å²) >= 11 is 5.63. The molecule has 3 rings (SSSR count). The van der Waals surface area contributed by atoms with Crippen molar-refractivity contribution in [2.24, 2.45) is 5.92 Å². The van der Waals surface area contributed by atoms with Gasteiger partial charge in [-0.05, 0) is 43.2 Å². The lowest BCUT2D eigenvalue weighted by Crippen LogP contribution is -2.29. The van der Waals surface area contributed by atoms with Crippen LogP contribution in [0.2, 0.25) is 5.28 Å². The van der Waals surface area contributed by atoms with Crippen molar-refractivity contribution in [2.45, 2.75) is 37.9 Å². The van der Waals surface area contributed by atoms with E-state index in [1.165, 1.54) is 0 Å². The highest BCUT2D eigenvalue weighted by molar-refractivity contribution is 6.28.